The number of ether oxygens (including phenoxy) is 1. The Morgan fingerprint density at radius 2 is 1.94 bits per heavy atom. The molecule has 1 rings (SSSR count). The molecule has 0 aliphatic rings. The van der Waals surface area contributed by atoms with Crippen LogP contribution in [-0.2, 0) is 0 Å². The van der Waals surface area contributed by atoms with Gasteiger partial charge in [0, 0.05) is 18.3 Å². The van der Waals surface area contributed by atoms with Crippen molar-refractivity contribution in [2.45, 2.75) is 20.0 Å². The number of alkyl halides is 2. The number of nitrogens with one attached hydrogen (secondary N) is 2. The summed E-state index contributed by atoms with van der Waals surface area (Å²) in [7, 11) is 0. The van der Waals surface area contributed by atoms with Gasteiger partial charge in [-0.05, 0) is 53.2 Å². The molecular weight excluding hydrogens is 306 g/mol. The van der Waals surface area contributed by atoms with Gasteiger partial charge in [0.2, 0.25) is 0 Å². The van der Waals surface area contributed by atoms with Gasteiger partial charge in [-0.1, -0.05) is 0 Å². The van der Waals surface area contributed by atoms with Gasteiger partial charge in [0.15, 0.2) is 0 Å². The van der Waals surface area contributed by atoms with Crippen molar-refractivity contribution < 1.29 is 13.5 Å². The van der Waals surface area contributed by atoms with Crippen molar-refractivity contribution in [3.05, 3.63) is 36.0 Å². The van der Waals surface area contributed by atoms with E-state index in [1.54, 1.807) is 25.1 Å². The van der Waals surface area contributed by atoms with Crippen molar-refractivity contribution >= 4 is 26.2 Å². The lowest BCUT2D eigenvalue weighted by Gasteiger charge is -2.13. The summed E-state index contributed by atoms with van der Waals surface area (Å²) >= 11 is 3.00. The van der Waals surface area contributed by atoms with Crippen LogP contribution in [0.1, 0.15) is 13.8 Å². The van der Waals surface area contributed by atoms with E-state index in [9.17, 15) is 8.78 Å². The van der Waals surface area contributed by atoms with Crippen LogP contribution in [0.2, 0.25) is 0 Å². The van der Waals surface area contributed by atoms with Gasteiger partial charge in [0.25, 0.3) is 0 Å². The minimum atomic E-state index is -3.18. The van der Waals surface area contributed by atoms with Crippen LogP contribution in [0.5, 0.6) is 5.75 Å². The molecule has 0 amide bonds. The van der Waals surface area contributed by atoms with Crippen LogP contribution in [0.4, 0.5) is 14.5 Å². The quantitative estimate of drug-likeness (QED) is 0.792. The molecule has 0 saturated carbocycles. The predicted molar refractivity (Wildman–Crippen MR) is 71.7 cm³/mol. The minimum Gasteiger partial charge on any atom is -0.433 e. The van der Waals surface area contributed by atoms with E-state index >= 15 is 0 Å². The van der Waals surface area contributed by atoms with Crippen LogP contribution >= 0.6 is 15.9 Å². The van der Waals surface area contributed by atoms with E-state index in [0.29, 0.717) is 6.92 Å². The first-order chi connectivity index (χ1) is 8.26. The van der Waals surface area contributed by atoms with E-state index in [1.807, 2.05) is 0 Å². The summed E-state index contributed by atoms with van der Waals surface area (Å²) in [5, 5.41) is 10.2. The number of allylic oxidation sites excluding steroid dienone is 2. The first kappa shape index (κ1) is 14.6. The van der Waals surface area contributed by atoms with Gasteiger partial charge >= 0.3 is 6.11 Å². The third kappa shape index (κ3) is 5.77. The van der Waals surface area contributed by atoms with Crippen LogP contribution < -0.4 is 10.1 Å². The third-order valence-corrected chi connectivity index (χ3v) is 2.07. The van der Waals surface area contributed by atoms with Crippen molar-refractivity contribution in [1.82, 2.24) is 0 Å². The van der Waals surface area contributed by atoms with Gasteiger partial charge in [-0.2, -0.15) is 8.78 Å². The zero-order valence-electron chi connectivity index (χ0n) is 9.93. The second-order valence-electron chi connectivity index (χ2n) is 3.73. The molecule has 0 bridgehead atoms. The summed E-state index contributed by atoms with van der Waals surface area (Å²) in [5.41, 5.74) is 1.48. The molecule has 0 heterocycles. The Kier molecular flexibility index (Phi) is 4.84. The largest absolute Gasteiger partial charge is 0.433 e. The molecule has 0 radical (unpaired) electrons. The van der Waals surface area contributed by atoms with E-state index in [0.717, 1.165) is 11.4 Å². The summed E-state index contributed by atoms with van der Waals surface area (Å²) < 4.78 is 29.8. The first-order valence-corrected chi connectivity index (χ1v) is 5.92. The Balaban J connectivity index is 2.69. The van der Waals surface area contributed by atoms with Gasteiger partial charge in [0.1, 0.15) is 5.75 Å². The van der Waals surface area contributed by atoms with Crippen LogP contribution in [0.15, 0.2) is 36.0 Å². The van der Waals surface area contributed by atoms with Crippen molar-refractivity contribution in [2.75, 3.05) is 5.32 Å². The zero-order valence-corrected chi connectivity index (χ0v) is 11.5. The standard InChI is InChI=1S/C12H13BrF2N2O/c1-8(7-11(13)16)17-9-3-5-10(6-4-9)18-12(2,14)15/h3-7,16-17H,1-2H3/b8-7-,16-11?. The molecule has 2 N–H and O–H groups in total. The Hall–Kier alpha value is -1.43. The Labute approximate surface area is 112 Å². The van der Waals surface area contributed by atoms with Gasteiger partial charge < -0.3 is 10.1 Å². The van der Waals surface area contributed by atoms with Crippen molar-refractivity contribution in [1.29, 1.82) is 5.41 Å². The predicted octanol–water partition coefficient (Wildman–Crippen LogP) is 4.37. The number of benzene rings is 1. The van der Waals surface area contributed by atoms with Crippen LogP contribution in [-0.4, -0.2) is 10.7 Å². The van der Waals surface area contributed by atoms with E-state index in [2.05, 4.69) is 26.0 Å². The fourth-order valence-corrected chi connectivity index (χ4v) is 1.61. The van der Waals surface area contributed by atoms with Crippen molar-refractivity contribution in [3.63, 3.8) is 0 Å². The normalized spacial score (nSPS) is 12.2. The lowest BCUT2D eigenvalue weighted by Crippen LogP contribution is -2.18. The molecule has 18 heavy (non-hydrogen) atoms. The molecule has 0 fully saturated rings. The van der Waals surface area contributed by atoms with E-state index in [4.69, 9.17) is 5.41 Å². The molecule has 1 aromatic carbocycles. The number of halogens is 3. The molecule has 1 aromatic rings. The van der Waals surface area contributed by atoms with E-state index < -0.39 is 6.11 Å². The smallest absolute Gasteiger partial charge is 0.394 e. The molecule has 0 atom stereocenters. The van der Waals surface area contributed by atoms with Crippen LogP contribution in [0, 0.1) is 5.41 Å². The lowest BCUT2D eigenvalue weighted by molar-refractivity contribution is -0.158. The topological polar surface area (TPSA) is 45.1 Å². The average Bonchev–Trinajstić information content (AvgIpc) is 2.17. The molecular formula is C12H13BrF2N2O. The Bertz CT molecular complexity index is 452. The van der Waals surface area contributed by atoms with Gasteiger partial charge in [-0.25, -0.2) is 0 Å². The summed E-state index contributed by atoms with van der Waals surface area (Å²) in [6, 6.07) is 6.14. The fourth-order valence-electron chi connectivity index (χ4n) is 1.27. The number of hydrogen-bond donors (Lipinski definition) is 2. The molecule has 0 aromatic heterocycles. The van der Waals surface area contributed by atoms with Gasteiger partial charge in [0.05, 0.1) is 4.62 Å². The Morgan fingerprint density at radius 3 is 2.39 bits per heavy atom. The molecule has 6 heteroatoms. The monoisotopic (exact) mass is 318 g/mol. The maximum atomic E-state index is 12.6. The minimum absolute atomic E-state index is 0.0999. The van der Waals surface area contributed by atoms with Crippen LogP contribution in [0.25, 0.3) is 0 Å². The zero-order chi connectivity index (χ0) is 13.8. The van der Waals surface area contributed by atoms with E-state index in [-0.39, 0.29) is 10.4 Å². The number of rotatable bonds is 5. The molecule has 0 aliphatic heterocycles. The summed E-state index contributed by atoms with van der Waals surface area (Å²) in [4.78, 5) is 0. The van der Waals surface area contributed by atoms with Crippen molar-refractivity contribution in [2.24, 2.45) is 0 Å². The highest BCUT2D eigenvalue weighted by Crippen LogP contribution is 2.23. The molecule has 3 nitrogen and oxygen atoms in total. The molecule has 0 unspecified atom stereocenters. The maximum absolute atomic E-state index is 12.6. The highest BCUT2D eigenvalue weighted by Gasteiger charge is 2.22. The number of anilines is 1. The third-order valence-electron chi connectivity index (χ3n) is 1.84. The SMILES string of the molecule is C/C(=C/C(=N)Br)Nc1ccc(OC(C)(F)F)cc1. The summed E-state index contributed by atoms with van der Waals surface area (Å²) in [6.45, 7) is 2.48. The summed E-state index contributed by atoms with van der Waals surface area (Å²) in [5.74, 6) is 0.0999. The second-order valence-corrected chi connectivity index (χ2v) is 4.59. The highest BCUT2D eigenvalue weighted by molar-refractivity contribution is 9.18. The van der Waals surface area contributed by atoms with Gasteiger partial charge in [-0.15, -0.1) is 0 Å². The molecule has 0 saturated heterocycles. The average molecular weight is 319 g/mol. The highest BCUT2D eigenvalue weighted by atomic mass is 79.9. The molecule has 98 valence electrons. The number of hydrogen-bond acceptors (Lipinski definition) is 3. The fraction of sp³-hybridized carbons (Fsp3) is 0.250. The van der Waals surface area contributed by atoms with E-state index in [1.165, 1.54) is 12.1 Å². The lowest BCUT2D eigenvalue weighted by atomic mass is 10.3. The Morgan fingerprint density at radius 1 is 1.39 bits per heavy atom. The van der Waals surface area contributed by atoms with Crippen molar-refractivity contribution in [3.8, 4) is 5.75 Å². The molecule has 0 spiro atoms. The first-order valence-electron chi connectivity index (χ1n) is 5.12. The van der Waals surface area contributed by atoms with Gasteiger partial charge in [-0.3, -0.25) is 5.41 Å². The second kappa shape index (κ2) is 5.95. The molecule has 0 aliphatic carbocycles. The maximum Gasteiger partial charge on any atom is 0.394 e. The summed E-state index contributed by atoms with van der Waals surface area (Å²) in [6.07, 6.45) is -1.60. The van der Waals surface area contributed by atoms with Crippen LogP contribution in [0.3, 0.4) is 0 Å².